The van der Waals surface area contributed by atoms with Crippen LogP contribution in [0.15, 0.2) is 12.3 Å². The Morgan fingerprint density at radius 1 is 1.45 bits per heavy atom. The number of hydrogen-bond acceptors (Lipinski definition) is 5. The van der Waals surface area contributed by atoms with Crippen molar-refractivity contribution in [1.29, 1.82) is 0 Å². The van der Waals surface area contributed by atoms with Crippen LogP contribution in [-0.4, -0.2) is 42.2 Å². The average Bonchev–Trinajstić information content (AvgIpc) is 2.92. The van der Waals surface area contributed by atoms with E-state index in [1.165, 1.54) is 25.8 Å². The molecule has 0 aromatic carbocycles. The van der Waals surface area contributed by atoms with E-state index >= 15 is 0 Å². The molecular formula is C15H25N5. The Hall–Kier alpha value is -1.36. The maximum atomic E-state index is 4.66. The summed E-state index contributed by atoms with van der Waals surface area (Å²) in [6, 6.07) is 2.68. The van der Waals surface area contributed by atoms with Gasteiger partial charge < -0.3 is 15.5 Å². The highest BCUT2D eigenvalue weighted by Crippen LogP contribution is 2.28. The molecule has 0 bridgehead atoms. The fourth-order valence-corrected chi connectivity index (χ4v) is 3.22. The minimum Gasteiger partial charge on any atom is -0.355 e. The molecule has 2 aliphatic rings. The van der Waals surface area contributed by atoms with Crippen LogP contribution in [0.1, 0.15) is 32.6 Å². The Morgan fingerprint density at radius 2 is 2.40 bits per heavy atom. The monoisotopic (exact) mass is 275 g/mol. The first kappa shape index (κ1) is 13.6. The Bertz CT molecular complexity index is 422. The zero-order chi connectivity index (χ0) is 13.8. The second-order valence-electron chi connectivity index (χ2n) is 5.89. The van der Waals surface area contributed by atoms with Gasteiger partial charge in [0.15, 0.2) is 0 Å². The number of piperidine rings is 1. The Kier molecular flexibility index (Phi) is 4.35. The van der Waals surface area contributed by atoms with Gasteiger partial charge in [-0.05, 0) is 37.8 Å². The highest BCUT2D eigenvalue weighted by Gasteiger charge is 2.34. The van der Waals surface area contributed by atoms with Crippen LogP contribution in [0, 0.1) is 5.92 Å². The molecule has 0 saturated carbocycles. The molecule has 3 heterocycles. The first-order valence-corrected chi connectivity index (χ1v) is 7.92. The van der Waals surface area contributed by atoms with Crippen LogP contribution < -0.4 is 15.5 Å². The number of fused-ring (bicyclic) bond motifs is 1. The van der Waals surface area contributed by atoms with Crippen LogP contribution in [0.3, 0.4) is 0 Å². The van der Waals surface area contributed by atoms with Gasteiger partial charge in [-0.1, -0.05) is 13.3 Å². The van der Waals surface area contributed by atoms with E-state index in [2.05, 4.69) is 32.4 Å². The second-order valence-corrected chi connectivity index (χ2v) is 5.89. The SMILES string of the molecule is CCCCNc1nccc(N2CC3CCCNC3C2)n1. The molecule has 2 N–H and O–H groups in total. The van der Waals surface area contributed by atoms with E-state index in [0.717, 1.165) is 43.7 Å². The van der Waals surface area contributed by atoms with E-state index in [1.807, 2.05) is 12.3 Å². The number of anilines is 2. The van der Waals surface area contributed by atoms with Gasteiger partial charge in [-0.25, -0.2) is 4.98 Å². The van der Waals surface area contributed by atoms with Crippen molar-refractivity contribution in [2.45, 2.75) is 38.6 Å². The maximum Gasteiger partial charge on any atom is 0.224 e. The minimum atomic E-state index is 0.648. The van der Waals surface area contributed by atoms with E-state index in [1.54, 1.807) is 0 Å². The summed E-state index contributed by atoms with van der Waals surface area (Å²) in [6.07, 6.45) is 6.87. The van der Waals surface area contributed by atoms with Crippen LogP contribution >= 0.6 is 0 Å². The van der Waals surface area contributed by atoms with Crippen LogP contribution in [0.5, 0.6) is 0 Å². The summed E-state index contributed by atoms with van der Waals surface area (Å²) < 4.78 is 0. The molecule has 0 amide bonds. The van der Waals surface area contributed by atoms with Gasteiger partial charge in [0.1, 0.15) is 5.82 Å². The summed E-state index contributed by atoms with van der Waals surface area (Å²) in [5.41, 5.74) is 0. The largest absolute Gasteiger partial charge is 0.355 e. The van der Waals surface area contributed by atoms with Crippen molar-refractivity contribution in [1.82, 2.24) is 15.3 Å². The Morgan fingerprint density at radius 3 is 3.25 bits per heavy atom. The predicted octanol–water partition coefficient (Wildman–Crippen LogP) is 1.88. The fourth-order valence-electron chi connectivity index (χ4n) is 3.22. The molecule has 2 atom stereocenters. The predicted molar refractivity (Wildman–Crippen MR) is 82.2 cm³/mol. The molecule has 2 aliphatic heterocycles. The minimum absolute atomic E-state index is 0.648. The Labute approximate surface area is 121 Å². The first-order chi connectivity index (χ1) is 9.86. The van der Waals surface area contributed by atoms with Gasteiger partial charge in [0.05, 0.1) is 0 Å². The summed E-state index contributed by atoms with van der Waals surface area (Å²) in [6.45, 7) is 6.52. The number of rotatable bonds is 5. The van der Waals surface area contributed by atoms with Crippen molar-refractivity contribution in [3.05, 3.63) is 12.3 Å². The number of nitrogens with zero attached hydrogens (tertiary/aromatic N) is 3. The van der Waals surface area contributed by atoms with Crippen molar-refractivity contribution < 1.29 is 0 Å². The maximum absolute atomic E-state index is 4.66. The van der Waals surface area contributed by atoms with Crippen LogP contribution in [0.4, 0.5) is 11.8 Å². The summed E-state index contributed by atoms with van der Waals surface area (Å²) in [7, 11) is 0. The Balaban J connectivity index is 1.63. The third kappa shape index (κ3) is 3.03. The van der Waals surface area contributed by atoms with E-state index in [-0.39, 0.29) is 0 Å². The second kappa shape index (κ2) is 6.39. The van der Waals surface area contributed by atoms with Crippen molar-refractivity contribution in [3.63, 3.8) is 0 Å². The highest BCUT2D eigenvalue weighted by atomic mass is 15.3. The molecule has 1 aromatic rings. The molecule has 110 valence electrons. The lowest BCUT2D eigenvalue weighted by Gasteiger charge is -2.24. The zero-order valence-electron chi connectivity index (χ0n) is 12.3. The molecule has 3 rings (SSSR count). The number of aromatic nitrogens is 2. The summed E-state index contributed by atoms with van der Waals surface area (Å²) in [5, 5.41) is 6.94. The lowest BCUT2D eigenvalue weighted by Crippen LogP contribution is -2.40. The van der Waals surface area contributed by atoms with Crippen molar-refractivity contribution in [2.75, 3.05) is 36.4 Å². The number of nitrogens with one attached hydrogen (secondary N) is 2. The summed E-state index contributed by atoms with van der Waals surface area (Å²) in [4.78, 5) is 11.4. The first-order valence-electron chi connectivity index (χ1n) is 7.92. The summed E-state index contributed by atoms with van der Waals surface area (Å²) in [5.74, 6) is 2.61. The lowest BCUT2D eigenvalue weighted by atomic mass is 9.94. The number of hydrogen-bond donors (Lipinski definition) is 2. The smallest absolute Gasteiger partial charge is 0.224 e. The van der Waals surface area contributed by atoms with E-state index in [4.69, 9.17) is 0 Å². The van der Waals surface area contributed by atoms with Crippen molar-refractivity contribution in [3.8, 4) is 0 Å². The molecule has 1 aromatic heterocycles. The normalized spacial score (nSPS) is 25.6. The lowest BCUT2D eigenvalue weighted by molar-refractivity contribution is 0.340. The number of unbranched alkanes of at least 4 members (excludes halogenated alkanes) is 1. The van der Waals surface area contributed by atoms with Crippen molar-refractivity contribution in [2.24, 2.45) is 5.92 Å². The van der Waals surface area contributed by atoms with Gasteiger partial charge in [-0.15, -0.1) is 0 Å². The summed E-state index contributed by atoms with van der Waals surface area (Å²) >= 11 is 0. The van der Waals surface area contributed by atoms with Gasteiger partial charge in [0.2, 0.25) is 5.95 Å². The van der Waals surface area contributed by atoms with Crippen LogP contribution in [-0.2, 0) is 0 Å². The van der Waals surface area contributed by atoms with Crippen molar-refractivity contribution >= 4 is 11.8 Å². The highest BCUT2D eigenvalue weighted by molar-refractivity contribution is 5.44. The van der Waals surface area contributed by atoms with E-state index < -0.39 is 0 Å². The van der Waals surface area contributed by atoms with Gasteiger partial charge in [0.25, 0.3) is 0 Å². The molecule has 2 saturated heterocycles. The standard InChI is InChI=1S/C15H25N5/c1-2-3-7-17-15-18-9-6-14(19-15)20-10-12-5-4-8-16-13(12)11-20/h6,9,12-13,16H,2-5,7-8,10-11H2,1H3,(H,17,18,19). The van der Waals surface area contributed by atoms with Gasteiger partial charge in [-0.3, -0.25) is 0 Å². The van der Waals surface area contributed by atoms with Gasteiger partial charge >= 0.3 is 0 Å². The molecule has 2 fully saturated rings. The fraction of sp³-hybridized carbons (Fsp3) is 0.733. The molecular weight excluding hydrogens is 250 g/mol. The van der Waals surface area contributed by atoms with Gasteiger partial charge in [0, 0.05) is 31.9 Å². The third-order valence-electron chi connectivity index (χ3n) is 4.38. The molecule has 0 aliphatic carbocycles. The molecule has 5 heteroatoms. The molecule has 5 nitrogen and oxygen atoms in total. The van der Waals surface area contributed by atoms with E-state index in [9.17, 15) is 0 Å². The zero-order valence-corrected chi connectivity index (χ0v) is 12.3. The molecule has 20 heavy (non-hydrogen) atoms. The quantitative estimate of drug-likeness (QED) is 0.804. The molecule has 0 radical (unpaired) electrons. The molecule has 0 spiro atoms. The van der Waals surface area contributed by atoms with Crippen LogP contribution in [0.25, 0.3) is 0 Å². The third-order valence-corrected chi connectivity index (χ3v) is 4.38. The average molecular weight is 275 g/mol. The molecule has 2 unspecified atom stereocenters. The van der Waals surface area contributed by atoms with E-state index in [0.29, 0.717) is 6.04 Å². The van der Waals surface area contributed by atoms with Gasteiger partial charge in [-0.2, -0.15) is 4.98 Å². The topological polar surface area (TPSA) is 53.1 Å². The van der Waals surface area contributed by atoms with Crippen LogP contribution in [0.2, 0.25) is 0 Å².